The number of aromatic hydroxyl groups is 2. The maximum Gasteiger partial charge on any atom is 0.154 e. The Hall–Kier alpha value is -2.53. The van der Waals surface area contributed by atoms with Crippen molar-refractivity contribution >= 4 is 6.29 Å². The van der Waals surface area contributed by atoms with E-state index in [1.807, 2.05) is 0 Å². The van der Waals surface area contributed by atoms with E-state index in [0.717, 1.165) is 25.1 Å². The number of aldehydes is 1. The molecule has 1 heterocycles. The van der Waals surface area contributed by atoms with E-state index in [1.165, 1.54) is 18.9 Å². The van der Waals surface area contributed by atoms with Crippen molar-refractivity contribution in [2.75, 3.05) is 19.7 Å². The van der Waals surface area contributed by atoms with Gasteiger partial charge in [0.1, 0.15) is 17.2 Å². The third-order valence-electron chi connectivity index (χ3n) is 5.09. The van der Waals surface area contributed by atoms with Crippen molar-refractivity contribution in [3.8, 4) is 28.4 Å². The Labute approximate surface area is 153 Å². The van der Waals surface area contributed by atoms with Gasteiger partial charge in [0, 0.05) is 12.6 Å². The molecule has 1 aliphatic rings. The van der Waals surface area contributed by atoms with Crippen LogP contribution in [0.25, 0.3) is 11.1 Å². The summed E-state index contributed by atoms with van der Waals surface area (Å²) in [5, 5.41) is 23.1. The van der Waals surface area contributed by atoms with Crippen molar-refractivity contribution in [3.05, 3.63) is 42.0 Å². The molecule has 2 aromatic carbocycles. The van der Waals surface area contributed by atoms with Crippen LogP contribution in [0.1, 0.15) is 36.5 Å². The summed E-state index contributed by atoms with van der Waals surface area (Å²) in [6.07, 6.45) is 3.91. The van der Waals surface area contributed by atoms with Crippen LogP contribution in [0.15, 0.2) is 36.4 Å². The van der Waals surface area contributed by atoms with Crippen LogP contribution in [-0.4, -0.2) is 36.2 Å². The second-order valence-electron chi connectivity index (χ2n) is 7.26. The highest BCUT2D eigenvalue weighted by Gasteiger charge is 2.26. The van der Waals surface area contributed by atoms with Crippen molar-refractivity contribution in [2.45, 2.75) is 26.2 Å². The second-order valence-corrected chi connectivity index (χ2v) is 7.26. The predicted octanol–water partition coefficient (Wildman–Crippen LogP) is 3.74. The second kappa shape index (κ2) is 7.79. The van der Waals surface area contributed by atoms with Gasteiger partial charge in [-0.2, -0.15) is 0 Å². The van der Waals surface area contributed by atoms with Gasteiger partial charge in [0.05, 0.1) is 12.2 Å². The quantitative estimate of drug-likeness (QED) is 0.688. The molecule has 3 N–H and O–H groups in total. The molecule has 138 valence electrons. The fourth-order valence-corrected chi connectivity index (χ4v) is 3.45. The van der Waals surface area contributed by atoms with Crippen LogP contribution < -0.4 is 10.1 Å². The Kier molecular flexibility index (Phi) is 5.47. The van der Waals surface area contributed by atoms with Crippen LogP contribution in [0.3, 0.4) is 0 Å². The third-order valence-corrected chi connectivity index (χ3v) is 5.09. The molecule has 3 rings (SSSR count). The monoisotopic (exact) mass is 355 g/mol. The van der Waals surface area contributed by atoms with Crippen LogP contribution in [-0.2, 0) is 0 Å². The summed E-state index contributed by atoms with van der Waals surface area (Å²) < 4.78 is 5.89. The molecule has 0 aliphatic carbocycles. The van der Waals surface area contributed by atoms with E-state index in [2.05, 4.69) is 12.2 Å². The van der Waals surface area contributed by atoms with Gasteiger partial charge in [0.15, 0.2) is 6.29 Å². The summed E-state index contributed by atoms with van der Waals surface area (Å²) in [5.74, 6) is 0.571. The number of hydrogen-bond donors (Lipinski definition) is 3. The SMILES string of the molecule is CC1(CCOc2cc(O)c(C=O)c(-c3ccc(O)cc3)c2)CCCNC1. The Morgan fingerprint density at radius 3 is 2.65 bits per heavy atom. The smallest absolute Gasteiger partial charge is 0.154 e. The predicted molar refractivity (Wildman–Crippen MR) is 101 cm³/mol. The first kappa shape index (κ1) is 18.3. The van der Waals surface area contributed by atoms with Crippen molar-refractivity contribution in [1.82, 2.24) is 5.32 Å². The highest BCUT2D eigenvalue weighted by molar-refractivity contribution is 5.91. The van der Waals surface area contributed by atoms with Gasteiger partial charge < -0.3 is 20.3 Å². The minimum absolute atomic E-state index is 0.105. The molecule has 0 saturated carbocycles. The molecule has 1 saturated heterocycles. The fourth-order valence-electron chi connectivity index (χ4n) is 3.45. The van der Waals surface area contributed by atoms with Gasteiger partial charge in [0.2, 0.25) is 0 Å². The third kappa shape index (κ3) is 4.17. The lowest BCUT2D eigenvalue weighted by atomic mass is 9.80. The number of rotatable bonds is 6. The molecule has 1 atom stereocenters. The number of piperidine rings is 1. The summed E-state index contributed by atoms with van der Waals surface area (Å²) >= 11 is 0. The molecular formula is C21H25NO4. The largest absolute Gasteiger partial charge is 0.508 e. The van der Waals surface area contributed by atoms with Crippen LogP contribution in [0.2, 0.25) is 0 Å². The van der Waals surface area contributed by atoms with E-state index in [0.29, 0.717) is 24.2 Å². The lowest BCUT2D eigenvalue weighted by Crippen LogP contribution is -2.38. The van der Waals surface area contributed by atoms with Crippen molar-refractivity contribution in [1.29, 1.82) is 0 Å². The van der Waals surface area contributed by atoms with E-state index in [9.17, 15) is 15.0 Å². The molecule has 26 heavy (non-hydrogen) atoms. The number of nitrogens with one attached hydrogen (secondary N) is 1. The standard InChI is InChI=1S/C21H25NO4/c1-21(7-2-9-22-14-21)8-10-26-17-11-18(19(13-23)20(25)12-17)15-3-5-16(24)6-4-15/h3-6,11-13,22,24-25H,2,7-10,14H2,1H3. The van der Waals surface area contributed by atoms with Gasteiger partial charge in [-0.3, -0.25) is 4.79 Å². The molecule has 0 radical (unpaired) electrons. The Balaban J connectivity index is 1.77. The molecule has 5 heteroatoms. The zero-order chi connectivity index (χ0) is 18.6. The van der Waals surface area contributed by atoms with E-state index < -0.39 is 0 Å². The average Bonchev–Trinajstić information content (AvgIpc) is 2.62. The first-order chi connectivity index (χ1) is 12.5. The molecule has 0 amide bonds. The van der Waals surface area contributed by atoms with Crippen LogP contribution >= 0.6 is 0 Å². The summed E-state index contributed by atoms with van der Waals surface area (Å²) in [5.41, 5.74) is 1.75. The molecule has 1 unspecified atom stereocenters. The molecule has 1 fully saturated rings. The van der Waals surface area contributed by atoms with Crippen LogP contribution in [0, 0.1) is 5.41 Å². The van der Waals surface area contributed by atoms with Crippen LogP contribution in [0.4, 0.5) is 0 Å². The van der Waals surface area contributed by atoms with E-state index in [1.54, 1.807) is 30.3 Å². The van der Waals surface area contributed by atoms with Gasteiger partial charge in [-0.05, 0) is 60.5 Å². The molecule has 1 aliphatic heterocycles. The number of benzene rings is 2. The van der Waals surface area contributed by atoms with Gasteiger partial charge in [-0.1, -0.05) is 19.1 Å². The fraction of sp³-hybridized carbons (Fsp3) is 0.381. The Bertz CT molecular complexity index is 764. The summed E-state index contributed by atoms with van der Waals surface area (Å²) in [6.45, 7) is 4.88. The first-order valence-corrected chi connectivity index (χ1v) is 8.96. The van der Waals surface area contributed by atoms with Crippen molar-refractivity contribution < 1.29 is 19.7 Å². The summed E-state index contributed by atoms with van der Waals surface area (Å²) in [6, 6.07) is 9.74. The minimum atomic E-state index is -0.105. The Morgan fingerprint density at radius 2 is 2.00 bits per heavy atom. The average molecular weight is 355 g/mol. The number of carbonyl (C=O) groups is 1. The number of ether oxygens (including phenoxy) is 1. The zero-order valence-electron chi connectivity index (χ0n) is 15.0. The maximum absolute atomic E-state index is 11.4. The van der Waals surface area contributed by atoms with Gasteiger partial charge in [-0.25, -0.2) is 0 Å². The summed E-state index contributed by atoms with van der Waals surface area (Å²) in [7, 11) is 0. The first-order valence-electron chi connectivity index (χ1n) is 8.96. The molecule has 0 spiro atoms. The maximum atomic E-state index is 11.4. The molecule has 5 nitrogen and oxygen atoms in total. The molecule has 2 aromatic rings. The topological polar surface area (TPSA) is 78.8 Å². The van der Waals surface area contributed by atoms with E-state index >= 15 is 0 Å². The molecule has 0 bridgehead atoms. The van der Waals surface area contributed by atoms with Gasteiger partial charge in [0.25, 0.3) is 0 Å². The van der Waals surface area contributed by atoms with E-state index in [4.69, 9.17) is 4.74 Å². The highest BCUT2D eigenvalue weighted by atomic mass is 16.5. The highest BCUT2D eigenvalue weighted by Crippen LogP contribution is 2.35. The van der Waals surface area contributed by atoms with Crippen molar-refractivity contribution in [3.63, 3.8) is 0 Å². The Morgan fingerprint density at radius 1 is 1.23 bits per heavy atom. The number of phenols is 2. The normalized spacial score (nSPS) is 19.9. The number of phenolic OH excluding ortho intramolecular Hbond substituents is 2. The van der Waals surface area contributed by atoms with E-state index in [-0.39, 0.29) is 22.5 Å². The lowest BCUT2D eigenvalue weighted by molar-refractivity contribution is 0.112. The van der Waals surface area contributed by atoms with Gasteiger partial charge >= 0.3 is 0 Å². The summed E-state index contributed by atoms with van der Waals surface area (Å²) in [4.78, 5) is 11.4. The lowest BCUT2D eigenvalue weighted by Gasteiger charge is -2.34. The minimum Gasteiger partial charge on any atom is -0.508 e. The molecular weight excluding hydrogens is 330 g/mol. The van der Waals surface area contributed by atoms with Crippen molar-refractivity contribution in [2.24, 2.45) is 5.41 Å². The number of hydrogen-bond acceptors (Lipinski definition) is 5. The molecule has 0 aromatic heterocycles. The van der Waals surface area contributed by atoms with Crippen LogP contribution in [0.5, 0.6) is 17.2 Å². The number of carbonyl (C=O) groups excluding carboxylic acids is 1. The zero-order valence-corrected chi connectivity index (χ0v) is 15.0. The van der Waals surface area contributed by atoms with Gasteiger partial charge in [-0.15, -0.1) is 0 Å².